The summed E-state index contributed by atoms with van der Waals surface area (Å²) in [7, 11) is 0. The first-order chi connectivity index (χ1) is 10.2. The van der Waals surface area contributed by atoms with Gasteiger partial charge in [0.25, 0.3) is 5.91 Å². The van der Waals surface area contributed by atoms with Gasteiger partial charge in [0.2, 0.25) is 5.95 Å². The lowest BCUT2D eigenvalue weighted by molar-refractivity contribution is 0.0955. The first kappa shape index (κ1) is 15.0. The van der Waals surface area contributed by atoms with E-state index in [0.717, 1.165) is 0 Å². The molecule has 0 atom stereocenters. The predicted octanol–water partition coefficient (Wildman–Crippen LogP) is 2.44. The molecule has 0 aliphatic carbocycles. The highest BCUT2D eigenvalue weighted by Gasteiger charge is 2.05. The molecule has 21 heavy (non-hydrogen) atoms. The normalized spacial score (nSPS) is 10.4. The van der Waals surface area contributed by atoms with Crippen molar-refractivity contribution in [1.82, 2.24) is 15.3 Å². The Balaban J connectivity index is 1.76. The summed E-state index contributed by atoms with van der Waals surface area (Å²) in [6, 6.07) is 9.47. The highest BCUT2D eigenvalue weighted by Crippen LogP contribution is 2.14. The lowest BCUT2D eigenvalue weighted by Gasteiger charge is -2.08. The largest absolute Gasteiger partial charge is 0.352 e. The van der Waals surface area contributed by atoms with E-state index in [1.54, 1.807) is 18.5 Å². The minimum Gasteiger partial charge on any atom is -0.352 e. The van der Waals surface area contributed by atoms with Gasteiger partial charge in [-0.15, -0.1) is 0 Å². The number of hydrogen-bond acceptors (Lipinski definition) is 4. The second-order valence-corrected chi connectivity index (χ2v) is 5.03. The molecule has 5 heteroatoms. The maximum Gasteiger partial charge on any atom is 0.251 e. The lowest BCUT2D eigenvalue weighted by Crippen LogP contribution is -2.29. The number of nitrogens with zero attached hydrogens (tertiary/aromatic N) is 2. The first-order valence-electron chi connectivity index (χ1n) is 7.06. The summed E-state index contributed by atoms with van der Waals surface area (Å²) in [6.45, 7) is 5.36. The van der Waals surface area contributed by atoms with Crippen molar-refractivity contribution in [2.75, 3.05) is 18.4 Å². The van der Waals surface area contributed by atoms with E-state index in [1.165, 1.54) is 5.56 Å². The molecule has 1 heterocycles. The number of amides is 1. The molecule has 0 saturated heterocycles. The number of benzene rings is 1. The van der Waals surface area contributed by atoms with E-state index in [-0.39, 0.29) is 5.91 Å². The van der Waals surface area contributed by atoms with E-state index < -0.39 is 0 Å². The smallest absolute Gasteiger partial charge is 0.251 e. The Hall–Kier alpha value is -2.43. The maximum absolute atomic E-state index is 12.0. The SMILES string of the molecule is CC(C)c1ccc(C(=O)NCCNc2ncccn2)cc1. The van der Waals surface area contributed by atoms with Crippen molar-refractivity contribution >= 4 is 11.9 Å². The van der Waals surface area contributed by atoms with E-state index in [4.69, 9.17) is 0 Å². The summed E-state index contributed by atoms with van der Waals surface area (Å²) < 4.78 is 0. The maximum atomic E-state index is 12.0. The molecule has 1 amide bonds. The predicted molar refractivity (Wildman–Crippen MR) is 83.4 cm³/mol. The third kappa shape index (κ3) is 4.56. The van der Waals surface area contributed by atoms with Crippen LogP contribution in [0.15, 0.2) is 42.7 Å². The molecule has 2 rings (SSSR count). The average Bonchev–Trinajstić information content (AvgIpc) is 2.52. The topological polar surface area (TPSA) is 66.9 Å². The molecule has 0 aliphatic heterocycles. The van der Waals surface area contributed by atoms with Gasteiger partial charge in [0, 0.05) is 31.0 Å². The molecule has 2 aromatic rings. The minimum atomic E-state index is -0.0684. The second-order valence-electron chi connectivity index (χ2n) is 5.03. The van der Waals surface area contributed by atoms with Gasteiger partial charge in [-0.05, 0) is 29.7 Å². The Morgan fingerprint density at radius 3 is 2.38 bits per heavy atom. The molecule has 1 aromatic carbocycles. The first-order valence-corrected chi connectivity index (χ1v) is 7.06. The molecule has 0 fully saturated rings. The fourth-order valence-electron chi connectivity index (χ4n) is 1.86. The van der Waals surface area contributed by atoms with Crippen LogP contribution in [0.5, 0.6) is 0 Å². The molecular formula is C16H20N4O. The van der Waals surface area contributed by atoms with Crippen molar-refractivity contribution in [2.45, 2.75) is 19.8 Å². The van der Waals surface area contributed by atoms with Crippen LogP contribution < -0.4 is 10.6 Å². The van der Waals surface area contributed by atoms with Gasteiger partial charge < -0.3 is 10.6 Å². The zero-order valence-electron chi connectivity index (χ0n) is 12.3. The molecule has 1 aromatic heterocycles. The van der Waals surface area contributed by atoms with Crippen LogP contribution in [0.3, 0.4) is 0 Å². The van der Waals surface area contributed by atoms with Crippen LogP contribution in [0, 0.1) is 0 Å². The molecule has 0 aliphatic rings. The molecule has 0 unspecified atom stereocenters. The number of nitrogens with one attached hydrogen (secondary N) is 2. The molecule has 2 N–H and O–H groups in total. The van der Waals surface area contributed by atoms with Crippen molar-refractivity contribution in [2.24, 2.45) is 0 Å². The van der Waals surface area contributed by atoms with Crippen LogP contribution in [-0.4, -0.2) is 29.0 Å². The van der Waals surface area contributed by atoms with Crippen molar-refractivity contribution in [3.63, 3.8) is 0 Å². The zero-order valence-corrected chi connectivity index (χ0v) is 12.3. The van der Waals surface area contributed by atoms with E-state index in [0.29, 0.717) is 30.5 Å². The van der Waals surface area contributed by atoms with E-state index in [1.807, 2.05) is 24.3 Å². The number of carbonyl (C=O) groups excluding carboxylic acids is 1. The Morgan fingerprint density at radius 1 is 1.10 bits per heavy atom. The second kappa shape index (κ2) is 7.38. The number of hydrogen-bond donors (Lipinski definition) is 2. The number of aromatic nitrogens is 2. The summed E-state index contributed by atoms with van der Waals surface area (Å²) >= 11 is 0. The van der Waals surface area contributed by atoms with E-state index in [2.05, 4.69) is 34.4 Å². The Morgan fingerprint density at radius 2 is 1.76 bits per heavy atom. The van der Waals surface area contributed by atoms with Gasteiger partial charge in [0.15, 0.2) is 0 Å². The van der Waals surface area contributed by atoms with Crippen LogP contribution in [0.1, 0.15) is 35.7 Å². The van der Waals surface area contributed by atoms with Crippen molar-refractivity contribution in [3.8, 4) is 0 Å². The van der Waals surface area contributed by atoms with Crippen molar-refractivity contribution in [3.05, 3.63) is 53.9 Å². The summed E-state index contributed by atoms with van der Waals surface area (Å²) in [6.07, 6.45) is 3.34. The average molecular weight is 284 g/mol. The van der Waals surface area contributed by atoms with Gasteiger partial charge >= 0.3 is 0 Å². The van der Waals surface area contributed by atoms with Gasteiger partial charge in [-0.3, -0.25) is 4.79 Å². The van der Waals surface area contributed by atoms with Gasteiger partial charge in [-0.2, -0.15) is 0 Å². The van der Waals surface area contributed by atoms with Crippen molar-refractivity contribution < 1.29 is 4.79 Å². The summed E-state index contributed by atoms with van der Waals surface area (Å²) in [5.74, 6) is 0.964. The molecular weight excluding hydrogens is 264 g/mol. The standard InChI is InChI=1S/C16H20N4O/c1-12(2)13-4-6-14(7-5-13)15(21)17-10-11-20-16-18-8-3-9-19-16/h3-9,12H,10-11H2,1-2H3,(H,17,21)(H,18,19,20). The molecule has 5 nitrogen and oxygen atoms in total. The van der Waals surface area contributed by atoms with E-state index >= 15 is 0 Å². The highest BCUT2D eigenvalue weighted by molar-refractivity contribution is 5.94. The zero-order chi connectivity index (χ0) is 15.1. The highest BCUT2D eigenvalue weighted by atomic mass is 16.1. The molecule has 0 spiro atoms. The van der Waals surface area contributed by atoms with Gasteiger partial charge in [-0.25, -0.2) is 9.97 Å². The van der Waals surface area contributed by atoms with Gasteiger partial charge in [-0.1, -0.05) is 26.0 Å². The third-order valence-electron chi connectivity index (χ3n) is 3.10. The fraction of sp³-hybridized carbons (Fsp3) is 0.312. The molecule has 0 radical (unpaired) electrons. The van der Waals surface area contributed by atoms with Crippen LogP contribution in [0.2, 0.25) is 0 Å². The van der Waals surface area contributed by atoms with Crippen LogP contribution in [-0.2, 0) is 0 Å². The molecule has 0 bridgehead atoms. The summed E-state index contributed by atoms with van der Waals surface area (Å²) in [4.78, 5) is 20.1. The minimum absolute atomic E-state index is 0.0684. The van der Waals surface area contributed by atoms with Crippen LogP contribution in [0.4, 0.5) is 5.95 Å². The van der Waals surface area contributed by atoms with E-state index in [9.17, 15) is 4.79 Å². The Labute approximate surface area is 124 Å². The molecule has 0 saturated carbocycles. The van der Waals surface area contributed by atoms with Crippen LogP contribution >= 0.6 is 0 Å². The van der Waals surface area contributed by atoms with Gasteiger partial charge in [0.05, 0.1) is 0 Å². The number of rotatable bonds is 6. The lowest BCUT2D eigenvalue weighted by atomic mass is 10.0. The van der Waals surface area contributed by atoms with Crippen molar-refractivity contribution in [1.29, 1.82) is 0 Å². The fourth-order valence-corrected chi connectivity index (χ4v) is 1.86. The van der Waals surface area contributed by atoms with Crippen LogP contribution in [0.25, 0.3) is 0 Å². The van der Waals surface area contributed by atoms with Gasteiger partial charge in [0.1, 0.15) is 0 Å². The summed E-state index contributed by atoms with van der Waals surface area (Å²) in [5, 5.41) is 5.90. The monoisotopic (exact) mass is 284 g/mol. The molecule has 110 valence electrons. The quantitative estimate of drug-likeness (QED) is 0.800. The third-order valence-corrected chi connectivity index (χ3v) is 3.10. The number of anilines is 1. The Kier molecular flexibility index (Phi) is 5.26. The Bertz CT molecular complexity index is 567. The summed E-state index contributed by atoms with van der Waals surface area (Å²) in [5.41, 5.74) is 1.91. The number of carbonyl (C=O) groups is 1.